The van der Waals surface area contributed by atoms with Crippen molar-refractivity contribution < 1.29 is 5.11 Å². The van der Waals surface area contributed by atoms with Crippen molar-refractivity contribution >= 4 is 0 Å². The molecule has 0 amide bonds. The second-order valence-electron chi connectivity index (χ2n) is 5.71. The smallest absolute Gasteiger partial charge is 0.0520 e. The zero-order valence-corrected chi connectivity index (χ0v) is 11.1. The van der Waals surface area contributed by atoms with Gasteiger partial charge in [0.15, 0.2) is 0 Å². The van der Waals surface area contributed by atoms with E-state index in [1.807, 2.05) is 6.92 Å². The molecule has 1 rings (SSSR count). The molecule has 0 fully saturated rings. The molecule has 0 heterocycles. The van der Waals surface area contributed by atoms with Crippen molar-refractivity contribution in [3.63, 3.8) is 0 Å². The van der Waals surface area contributed by atoms with E-state index in [0.29, 0.717) is 5.92 Å². The Kier molecular flexibility index (Phi) is 4.15. The van der Waals surface area contributed by atoms with Gasteiger partial charge in [-0.3, -0.25) is 0 Å². The van der Waals surface area contributed by atoms with Gasteiger partial charge < -0.3 is 5.11 Å². The predicted molar refractivity (Wildman–Crippen MR) is 69.9 cm³/mol. The zero-order chi connectivity index (χ0) is 12.3. The molecule has 0 radical (unpaired) electrons. The molecule has 1 aromatic carbocycles. The summed E-state index contributed by atoms with van der Waals surface area (Å²) in [5.41, 5.74) is 2.72. The average Bonchev–Trinajstić information content (AvgIpc) is 2.16. The molecular weight excluding hydrogens is 196 g/mol. The molecule has 0 bridgehead atoms. The minimum Gasteiger partial charge on any atom is -0.393 e. The SMILES string of the molecule is CC(O)CC(C)(C)c1ccc(C(C)C)cc1. The summed E-state index contributed by atoms with van der Waals surface area (Å²) in [6.45, 7) is 10.6. The van der Waals surface area contributed by atoms with E-state index < -0.39 is 0 Å². The van der Waals surface area contributed by atoms with E-state index in [-0.39, 0.29) is 11.5 Å². The molecule has 1 unspecified atom stereocenters. The van der Waals surface area contributed by atoms with Gasteiger partial charge in [-0.2, -0.15) is 0 Å². The van der Waals surface area contributed by atoms with E-state index in [1.165, 1.54) is 11.1 Å². The fraction of sp³-hybridized carbons (Fsp3) is 0.600. The van der Waals surface area contributed by atoms with E-state index in [9.17, 15) is 5.11 Å². The fourth-order valence-electron chi connectivity index (χ4n) is 2.18. The van der Waals surface area contributed by atoms with Crippen molar-refractivity contribution in [3.05, 3.63) is 35.4 Å². The van der Waals surface area contributed by atoms with Crippen LogP contribution in [-0.4, -0.2) is 11.2 Å². The van der Waals surface area contributed by atoms with Gasteiger partial charge in [-0.1, -0.05) is 52.0 Å². The average molecular weight is 220 g/mol. The second-order valence-corrected chi connectivity index (χ2v) is 5.71. The molecular formula is C15H24O. The molecule has 16 heavy (non-hydrogen) atoms. The summed E-state index contributed by atoms with van der Waals surface area (Å²) in [5.74, 6) is 0.578. The lowest BCUT2D eigenvalue weighted by Gasteiger charge is -2.27. The molecule has 0 aliphatic carbocycles. The number of benzene rings is 1. The Hall–Kier alpha value is -0.820. The largest absolute Gasteiger partial charge is 0.393 e. The molecule has 0 aliphatic rings. The number of aliphatic hydroxyl groups is 1. The summed E-state index contributed by atoms with van der Waals surface area (Å²) in [7, 11) is 0. The van der Waals surface area contributed by atoms with E-state index >= 15 is 0 Å². The van der Waals surface area contributed by atoms with Gasteiger partial charge in [-0.25, -0.2) is 0 Å². The third kappa shape index (κ3) is 3.34. The van der Waals surface area contributed by atoms with Crippen molar-refractivity contribution in [3.8, 4) is 0 Å². The van der Waals surface area contributed by atoms with E-state index in [4.69, 9.17) is 0 Å². The van der Waals surface area contributed by atoms with Gasteiger partial charge in [-0.05, 0) is 35.8 Å². The number of hydrogen-bond acceptors (Lipinski definition) is 1. The summed E-state index contributed by atoms with van der Waals surface area (Å²) >= 11 is 0. The minimum atomic E-state index is -0.250. The maximum Gasteiger partial charge on any atom is 0.0520 e. The lowest BCUT2D eigenvalue weighted by molar-refractivity contribution is 0.157. The standard InChI is InChI=1S/C15H24O/c1-11(2)13-6-8-14(9-7-13)15(4,5)10-12(3)16/h6-9,11-12,16H,10H2,1-5H3. The third-order valence-corrected chi connectivity index (χ3v) is 3.16. The van der Waals surface area contributed by atoms with E-state index in [2.05, 4.69) is 52.0 Å². The Morgan fingerprint density at radius 3 is 1.94 bits per heavy atom. The van der Waals surface area contributed by atoms with Crippen LogP contribution >= 0.6 is 0 Å². The molecule has 0 saturated carbocycles. The lowest BCUT2D eigenvalue weighted by Crippen LogP contribution is -2.22. The van der Waals surface area contributed by atoms with Crippen LogP contribution in [0.5, 0.6) is 0 Å². The molecule has 0 aliphatic heterocycles. The predicted octanol–water partition coefficient (Wildman–Crippen LogP) is 3.86. The Labute approximate surface area is 99.5 Å². The monoisotopic (exact) mass is 220 g/mol. The van der Waals surface area contributed by atoms with Crippen LogP contribution in [0.2, 0.25) is 0 Å². The molecule has 1 aromatic rings. The molecule has 1 atom stereocenters. The summed E-state index contributed by atoms with van der Waals surface area (Å²) in [6.07, 6.45) is 0.549. The minimum absolute atomic E-state index is 0.0453. The highest BCUT2D eigenvalue weighted by Gasteiger charge is 2.22. The van der Waals surface area contributed by atoms with Crippen LogP contribution in [0.3, 0.4) is 0 Å². The van der Waals surface area contributed by atoms with Gasteiger partial charge in [0.25, 0.3) is 0 Å². The van der Waals surface area contributed by atoms with Crippen molar-refractivity contribution in [2.45, 2.75) is 58.5 Å². The number of hydrogen-bond donors (Lipinski definition) is 1. The molecule has 1 heteroatoms. The quantitative estimate of drug-likeness (QED) is 0.817. The van der Waals surface area contributed by atoms with Crippen molar-refractivity contribution in [1.29, 1.82) is 0 Å². The highest BCUT2D eigenvalue weighted by Crippen LogP contribution is 2.29. The Morgan fingerprint density at radius 2 is 1.56 bits per heavy atom. The summed E-state index contributed by atoms with van der Waals surface area (Å²) in [4.78, 5) is 0. The van der Waals surface area contributed by atoms with Gasteiger partial charge in [0.2, 0.25) is 0 Å². The number of aliphatic hydroxyl groups excluding tert-OH is 1. The zero-order valence-electron chi connectivity index (χ0n) is 11.1. The molecule has 0 saturated heterocycles. The van der Waals surface area contributed by atoms with Crippen LogP contribution in [-0.2, 0) is 5.41 Å². The van der Waals surface area contributed by atoms with Gasteiger partial charge in [0, 0.05) is 0 Å². The van der Waals surface area contributed by atoms with Gasteiger partial charge in [0.1, 0.15) is 0 Å². The van der Waals surface area contributed by atoms with Gasteiger partial charge >= 0.3 is 0 Å². The fourth-order valence-corrected chi connectivity index (χ4v) is 2.18. The first kappa shape index (κ1) is 13.2. The van der Waals surface area contributed by atoms with Gasteiger partial charge in [0.05, 0.1) is 6.10 Å². The summed E-state index contributed by atoms with van der Waals surface area (Å²) in [6, 6.07) is 8.78. The highest BCUT2D eigenvalue weighted by molar-refractivity contribution is 5.29. The van der Waals surface area contributed by atoms with E-state index in [0.717, 1.165) is 6.42 Å². The topological polar surface area (TPSA) is 20.2 Å². The van der Waals surface area contributed by atoms with Crippen molar-refractivity contribution in [1.82, 2.24) is 0 Å². The van der Waals surface area contributed by atoms with E-state index in [1.54, 1.807) is 0 Å². The molecule has 0 aromatic heterocycles. The third-order valence-electron chi connectivity index (χ3n) is 3.16. The normalized spacial score (nSPS) is 14.2. The molecule has 1 N–H and O–H groups in total. The van der Waals surface area contributed by atoms with Crippen molar-refractivity contribution in [2.24, 2.45) is 0 Å². The maximum absolute atomic E-state index is 9.49. The first-order chi connectivity index (χ1) is 7.33. The van der Waals surface area contributed by atoms with Crippen LogP contribution < -0.4 is 0 Å². The van der Waals surface area contributed by atoms with Crippen LogP contribution in [0.15, 0.2) is 24.3 Å². The lowest BCUT2D eigenvalue weighted by atomic mass is 9.79. The maximum atomic E-state index is 9.49. The first-order valence-electron chi connectivity index (χ1n) is 6.11. The molecule has 90 valence electrons. The Balaban J connectivity index is 2.88. The first-order valence-corrected chi connectivity index (χ1v) is 6.11. The summed E-state index contributed by atoms with van der Waals surface area (Å²) in [5, 5.41) is 9.49. The highest BCUT2D eigenvalue weighted by atomic mass is 16.3. The van der Waals surface area contributed by atoms with Crippen LogP contribution in [0.4, 0.5) is 0 Å². The van der Waals surface area contributed by atoms with Gasteiger partial charge in [-0.15, -0.1) is 0 Å². The van der Waals surface area contributed by atoms with Crippen LogP contribution in [0.1, 0.15) is 58.1 Å². The van der Waals surface area contributed by atoms with Crippen molar-refractivity contribution in [2.75, 3.05) is 0 Å². The molecule has 1 nitrogen and oxygen atoms in total. The van der Waals surface area contributed by atoms with Crippen LogP contribution in [0.25, 0.3) is 0 Å². The summed E-state index contributed by atoms with van der Waals surface area (Å²) < 4.78 is 0. The number of rotatable bonds is 4. The Bertz CT molecular complexity index is 320. The second kappa shape index (κ2) is 5.01. The van der Waals surface area contributed by atoms with Crippen LogP contribution in [0, 0.1) is 0 Å². The Morgan fingerprint density at radius 1 is 1.06 bits per heavy atom. The molecule has 0 spiro atoms.